The summed E-state index contributed by atoms with van der Waals surface area (Å²) in [5.74, 6) is -1.31. The van der Waals surface area contributed by atoms with Gasteiger partial charge in [-0.1, -0.05) is 24.3 Å². The van der Waals surface area contributed by atoms with Gasteiger partial charge in [0.05, 0.1) is 5.69 Å². The van der Waals surface area contributed by atoms with Crippen molar-refractivity contribution < 1.29 is 14.4 Å². The minimum absolute atomic E-state index is 0.0669. The highest BCUT2D eigenvalue weighted by Gasteiger charge is 2.37. The number of urea groups is 1. The minimum Gasteiger partial charge on any atom is -0.347 e. The molecule has 6 nitrogen and oxygen atoms in total. The number of amides is 4. The molecular weight excluding hydrogens is 366 g/mol. The lowest BCUT2D eigenvalue weighted by Gasteiger charge is -2.26. The van der Waals surface area contributed by atoms with Gasteiger partial charge in [-0.15, -0.1) is 0 Å². The van der Waals surface area contributed by atoms with Crippen LogP contribution in [0.25, 0.3) is 17.0 Å². The minimum atomic E-state index is -0.738. The van der Waals surface area contributed by atoms with Crippen molar-refractivity contribution in [1.29, 1.82) is 0 Å². The van der Waals surface area contributed by atoms with E-state index in [9.17, 15) is 14.4 Å². The van der Waals surface area contributed by atoms with Crippen molar-refractivity contribution in [2.75, 3.05) is 4.90 Å². The Kier molecular flexibility index (Phi) is 4.54. The van der Waals surface area contributed by atoms with Gasteiger partial charge in [-0.3, -0.25) is 14.9 Å². The predicted molar refractivity (Wildman–Crippen MR) is 113 cm³/mol. The third-order valence-electron chi connectivity index (χ3n) is 5.03. The van der Waals surface area contributed by atoms with Crippen molar-refractivity contribution in [2.45, 2.75) is 27.3 Å². The number of anilines is 1. The van der Waals surface area contributed by atoms with E-state index < -0.39 is 17.8 Å². The summed E-state index contributed by atoms with van der Waals surface area (Å²) < 4.78 is 2.06. The number of carbonyl (C=O) groups is 3. The second-order valence-corrected chi connectivity index (χ2v) is 7.19. The Balaban J connectivity index is 1.82. The summed E-state index contributed by atoms with van der Waals surface area (Å²) in [6.07, 6.45) is 3.48. The number of imide groups is 2. The molecule has 4 rings (SSSR count). The zero-order valence-corrected chi connectivity index (χ0v) is 16.5. The molecule has 146 valence electrons. The Morgan fingerprint density at radius 1 is 1.00 bits per heavy atom. The lowest BCUT2D eigenvalue weighted by Crippen LogP contribution is -2.54. The maximum absolute atomic E-state index is 13.2. The summed E-state index contributed by atoms with van der Waals surface area (Å²) in [6, 6.07) is 12.5. The summed E-state index contributed by atoms with van der Waals surface area (Å²) in [6.45, 7) is 6.58. The highest BCUT2D eigenvalue weighted by atomic mass is 16.2. The molecule has 0 bridgehead atoms. The predicted octanol–water partition coefficient (Wildman–Crippen LogP) is 3.94. The quantitative estimate of drug-likeness (QED) is 0.546. The molecule has 29 heavy (non-hydrogen) atoms. The van der Waals surface area contributed by atoms with Gasteiger partial charge in [-0.05, 0) is 56.2 Å². The monoisotopic (exact) mass is 387 g/mol. The van der Waals surface area contributed by atoms with Crippen LogP contribution in [0.2, 0.25) is 0 Å². The number of hydrogen-bond acceptors (Lipinski definition) is 3. The van der Waals surface area contributed by atoms with Crippen LogP contribution in [0.15, 0.2) is 54.2 Å². The van der Waals surface area contributed by atoms with E-state index in [4.69, 9.17) is 0 Å². The lowest BCUT2D eigenvalue weighted by molar-refractivity contribution is -0.122. The zero-order chi connectivity index (χ0) is 20.7. The Labute approximate surface area is 168 Å². The average molecular weight is 387 g/mol. The molecule has 0 unspecified atom stereocenters. The molecule has 6 heteroatoms. The lowest BCUT2D eigenvalue weighted by atomic mass is 10.0. The van der Waals surface area contributed by atoms with Crippen LogP contribution in [0.5, 0.6) is 0 Å². The molecular formula is C23H21N3O3. The second-order valence-electron chi connectivity index (χ2n) is 7.19. The fourth-order valence-electron chi connectivity index (χ4n) is 3.78. The molecule has 1 aliphatic heterocycles. The van der Waals surface area contributed by atoms with Gasteiger partial charge in [0, 0.05) is 29.2 Å². The highest BCUT2D eigenvalue weighted by molar-refractivity contribution is 6.39. The Morgan fingerprint density at radius 2 is 1.69 bits per heavy atom. The number of aryl methyl sites for hydroxylation is 3. The Hall–Kier alpha value is -3.67. The SMILES string of the molecule is CCn1cc(/C=C2\C(=O)NC(=O)N(c3cc(C)cc(C)c3)C2=O)c2ccccc21. The van der Waals surface area contributed by atoms with Crippen LogP contribution in [0.3, 0.4) is 0 Å². The third-order valence-corrected chi connectivity index (χ3v) is 5.03. The molecule has 0 radical (unpaired) electrons. The number of nitrogens with zero attached hydrogens (tertiary/aromatic N) is 2. The zero-order valence-electron chi connectivity index (χ0n) is 16.5. The van der Waals surface area contributed by atoms with E-state index >= 15 is 0 Å². The molecule has 0 atom stereocenters. The molecule has 0 spiro atoms. The fraction of sp³-hybridized carbons (Fsp3) is 0.174. The topological polar surface area (TPSA) is 71.4 Å². The smallest absolute Gasteiger partial charge is 0.335 e. The molecule has 1 fully saturated rings. The normalized spacial score (nSPS) is 16.0. The molecule has 4 amide bonds. The Morgan fingerprint density at radius 3 is 2.38 bits per heavy atom. The molecule has 1 saturated heterocycles. The van der Waals surface area contributed by atoms with Gasteiger partial charge in [-0.2, -0.15) is 0 Å². The number of nitrogens with one attached hydrogen (secondary N) is 1. The van der Waals surface area contributed by atoms with Crippen molar-refractivity contribution in [3.05, 3.63) is 70.9 Å². The number of benzene rings is 2. The van der Waals surface area contributed by atoms with Crippen LogP contribution >= 0.6 is 0 Å². The molecule has 3 aromatic rings. The van der Waals surface area contributed by atoms with Gasteiger partial charge in [-0.25, -0.2) is 9.69 Å². The Bertz CT molecular complexity index is 1180. The number of hydrogen-bond donors (Lipinski definition) is 1. The van der Waals surface area contributed by atoms with Crippen LogP contribution in [0.4, 0.5) is 10.5 Å². The summed E-state index contributed by atoms with van der Waals surface area (Å²) in [5.41, 5.74) is 4.01. The molecule has 0 aliphatic carbocycles. The number of aromatic nitrogens is 1. The van der Waals surface area contributed by atoms with Crippen LogP contribution in [-0.2, 0) is 16.1 Å². The maximum atomic E-state index is 13.2. The molecule has 0 saturated carbocycles. The van der Waals surface area contributed by atoms with Gasteiger partial charge in [0.1, 0.15) is 5.57 Å². The van der Waals surface area contributed by atoms with Crippen LogP contribution in [0, 0.1) is 13.8 Å². The summed E-state index contributed by atoms with van der Waals surface area (Å²) in [4.78, 5) is 39.1. The summed E-state index contributed by atoms with van der Waals surface area (Å²) >= 11 is 0. The summed E-state index contributed by atoms with van der Waals surface area (Å²) in [5, 5.41) is 3.23. The standard InChI is InChI=1S/C23H21N3O3/c1-4-25-13-16(18-7-5-6-8-20(18)25)12-19-21(27)24-23(29)26(22(19)28)17-10-14(2)9-15(3)11-17/h5-13H,4H2,1-3H3,(H,24,27,29)/b19-12+. The van der Waals surface area contributed by atoms with Crippen LogP contribution in [0.1, 0.15) is 23.6 Å². The van der Waals surface area contributed by atoms with Crippen molar-refractivity contribution >= 4 is 40.5 Å². The first kappa shape index (κ1) is 18.7. The molecule has 2 heterocycles. The highest BCUT2D eigenvalue weighted by Crippen LogP contribution is 2.27. The van der Waals surface area contributed by atoms with Gasteiger partial charge in [0.2, 0.25) is 0 Å². The first-order valence-electron chi connectivity index (χ1n) is 9.46. The van der Waals surface area contributed by atoms with Gasteiger partial charge < -0.3 is 4.57 Å². The van der Waals surface area contributed by atoms with Crippen LogP contribution in [-0.4, -0.2) is 22.4 Å². The van der Waals surface area contributed by atoms with Crippen molar-refractivity contribution in [3.63, 3.8) is 0 Å². The van der Waals surface area contributed by atoms with Crippen molar-refractivity contribution in [2.24, 2.45) is 0 Å². The van der Waals surface area contributed by atoms with Gasteiger partial charge in [0.15, 0.2) is 0 Å². The van der Waals surface area contributed by atoms with E-state index in [1.165, 1.54) is 0 Å². The molecule has 1 aliphatic rings. The first-order chi connectivity index (χ1) is 13.9. The number of rotatable bonds is 3. The van der Waals surface area contributed by atoms with Crippen molar-refractivity contribution in [3.8, 4) is 0 Å². The number of fused-ring (bicyclic) bond motifs is 1. The second kappa shape index (κ2) is 7.05. The van der Waals surface area contributed by atoms with E-state index in [1.54, 1.807) is 18.2 Å². The number of barbiturate groups is 1. The van der Waals surface area contributed by atoms with Crippen molar-refractivity contribution in [1.82, 2.24) is 9.88 Å². The molecule has 1 N–H and O–H groups in total. The first-order valence-corrected chi connectivity index (χ1v) is 9.46. The van der Waals surface area contributed by atoms with E-state index in [2.05, 4.69) is 9.88 Å². The maximum Gasteiger partial charge on any atom is 0.335 e. The fourth-order valence-corrected chi connectivity index (χ4v) is 3.78. The van der Waals surface area contributed by atoms with Gasteiger partial charge >= 0.3 is 6.03 Å². The van der Waals surface area contributed by atoms with E-state index in [0.717, 1.165) is 39.0 Å². The van der Waals surface area contributed by atoms with E-state index in [1.807, 2.05) is 57.3 Å². The molecule has 2 aromatic carbocycles. The largest absolute Gasteiger partial charge is 0.347 e. The summed E-state index contributed by atoms with van der Waals surface area (Å²) in [7, 11) is 0. The van der Waals surface area contributed by atoms with E-state index in [-0.39, 0.29) is 5.57 Å². The molecule has 1 aromatic heterocycles. The van der Waals surface area contributed by atoms with E-state index in [0.29, 0.717) is 5.69 Å². The van der Waals surface area contributed by atoms with Crippen LogP contribution < -0.4 is 10.2 Å². The number of para-hydroxylation sites is 1. The number of carbonyl (C=O) groups excluding carboxylic acids is 3. The third kappa shape index (κ3) is 3.23. The average Bonchev–Trinajstić information content (AvgIpc) is 3.02. The van der Waals surface area contributed by atoms with Gasteiger partial charge in [0.25, 0.3) is 11.8 Å².